The fourth-order valence-corrected chi connectivity index (χ4v) is 6.05. The summed E-state index contributed by atoms with van der Waals surface area (Å²) in [6.45, 7) is 3.05. The van der Waals surface area contributed by atoms with Gasteiger partial charge in [-0.05, 0) is 42.7 Å². The number of carbonyl (C=O) groups is 1. The Hall–Kier alpha value is -2.47. The van der Waals surface area contributed by atoms with Crippen LogP contribution in [0, 0.1) is 0 Å². The van der Waals surface area contributed by atoms with Gasteiger partial charge in [0.05, 0.1) is 6.10 Å². The molecule has 0 aromatic heterocycles. The van der Waals surface area contributed by atoms with Gasteiger partial charge in [-0.1, -0.05) is 24.3 Å². The van der Waals surface area contributed by atoms with Gasteiger partial charge in [0.25, 0.3) is 0 Å². The Labute approximate surface area is 195 Å². The molecule has 1 aliphatic rings. The second-order valence-corrected chi connectivity index (χ2v) is 11.6. The molecule has 1 amide bonds. The first-order valence-electron chi connectivity index (χ1n) is 10.4. The summed E-state index contributed by atoms with van der Waals surface area (Å²) in [6.07, 6.45) is 1.93. The molecule has 0 radical (unpaired) electrons. The van der Waals surface area contributed by atoms with Gasteiger partial charge in [0.15, 0.2) is 0 Å². The minimum atomic E-state index is -4.41. The topological polar surface area (TPSA) is 110 Å². The van der Waals surface area contributed by atoms with E-state index < -0.39 is 25.0 Å². The number of hydrogen-bond donors (Lipinski definition) is 0. The Bertz CT molecular complexity index is 1190. The lowest BCUT2D eigenvalue weighted by Gasteiger charge is -2.24. The predicted molar refractivity (Wildman–Crippen MR) is 122 cm³/mol. The summed E-state index contributed by atoms with van der Waals surface area (Å²) in [6, 6.07) is 11.6. The zero-order valence-corrected chi connectivity index (χ0v) is 20.4. The van der Waals surface area contributed by atoms with Crippen molar-refractivity contribution in [1.82, 2.24) is 9.21 Å². The Morgan fingerprint density at radius 3 is 2.21 bits per heavy atom. The maximum atomic E-state index is 12.9. The highest BCUT2D eigenvalue weighted by atomic mass is 32.2. The molecule has 0 saturated carbocycles. The summed E-state index contributed by atoms with van der Waals surface area (Å²) in [7, 11) is -5.77. The van der Waals surface area contributed by atoms with Gasteiger partial charge in [0.1, 0.15) is 15.5 Å². The molecule has 0 bridgehead atoms. The number of rotatable bonds is 9. The average molecular weight is 497 g/mol. The summed E-state index contributed by atoms with van der Waals surface area (Å²) < 4.78 is 62.6. The molecule has 1 atom stereocenters. The molecule has 1 heterocycles. The van der Waals surface area contributed by atoms with Crippen molar-refractivity contribution in [2.75, 3.05) is 27.2 Å². The van der Waals surface area contributed by atoms with E-state index in [0.29, 0.717) is 19.7 Å². The minimum Gasteiger partial charge on any atom is -0.379 e. The van der Waals surface area contributed by atoms with Crippen molar-refractivity contribution in [1.29, 1.82) is 0 Å². The number of sulfonamides is 1. The molecule has 3 rings (SSSR count). The molecule has 9 nitrogen and oxygen atoms in total. The van der Waals surface area contributed by atoms with E-state index >= 15 is 0 Å². The standard InChI is InChI=1S/C22H28N2O7S2/c1-17(25)24(16-20-7-6-14-30-20)15-18-10-12-19(13-11-18)31-33(28,29)22-9-5-4-8-21(22)32(26,27)23(2)3/h4-5,8-13,20H,6-7,14-16H2,1-3H3. The van der Waals surface area contributed by atoms with Gasteiger partial charge in [-0.3, -0.25) is 4.79 Å². The maximum Gasteiger partial charge on any atom is 0.340 e. The van der Waals surface area contributed by atoms with Crippen molar-refractivity contribution in [3.05, 3.63) is 54.1 Å². The first kappa shape index (κ1) is 25.2. The van der Waals surface area contributed by atoms with E-state index in [4.69, 9.17) is 8.92 Å². The smallest absolute Gasteiger partial charge is 0.340 e. The number of hydrogen-bond acceptors (Lipinski definition) is 7. The zero-order chi connectivity index (χ0) is 24.2. The second kappa shape index (κ2) is 10.2. The van der Waals surface area contributed by atoms with Crippen molar-refractivity contribution < 1.29 is 30.6 Å². The lowest BCUT2D eigenvalue weighted by atomic mass is 10.1. The van der Waals surface area contributed by atoms with Crippen LogP contribution in [0.4, 0.5) is 0 Å². The van der Waals surface area contributed by atoms with Crippen LogP contribution in [-0.2, 0) is 36.2 Å². The number of amides is 1. The SMILES string of the molecule is CC(=O)N(Cc1ccc(OS(=O)(=O)c2ccccc2S(=O)(=O)N(C)C)cc1)CC1CCCO1. The molecule has 180 valence electrons. The molecule has 0 aliphatic carbocycles. The molecule has 1 fully saturated rings. The molecule has 2 aromatic carbocycles. The van der Waals surface area contributed by atoms with E-state index in [1.165, 1.54) is 57.4 Å². The molecular weight excluding hydrogens is 468 g/mol. The first-order chi connectivity index (χ1) is 15.5. The van der Waals surface area contributed by atoms with Crippen LogP contribution < -0.4 is 4.18 Å². The monoisotopic (exact) mass is 496 g/mol. The quantitative estimate of drug-likeness (QED) is 0.490. The summed E-state index contributed by atoms with van der Waals surface area (Å²) in [5.41, 5.74) is 0.795. The second-order valence-electron chi connectivity index (χ2n) is 7.95. The van der Waals surface area contributed by atoms with Gasteiger partial charge in [-0.2, -0.15) is 8.42 Å². The Balaban J connectivity index is 1.76. The van der Waals surface area contributed by atoms with Crippen LogP contribution >= 0.6 is 0 Å². The van der Waals surface area contributed by atoms with Crippen LogP contribution in [0.15, 0.2) is 58.3 Å². The highest BCUT2D eigenvalue weighted by molar-refractivity contribution is 7.91. The Morgan fingerprint density at radius 1 is 1.03 bits per heavy atom. The van der Waals surface area contributed by atoms with Crippen molar-refractivity contribution in [3.63, 3.8) is 0 Å². The third-order valence-corrected chi connectivity index (χ3v) is 8.58. The van der Waals surface area contributed by atoms with E-state index in [2.05, 4.69) is 0 Å². The van der Waals surface area contributed by atoms with E-state index in [9.17, 15) is 21.6 Å². The van der Waals surface area contributed by atoms with Gasteiger partial charge in [-0.15, -0.1) is 0 Å². The highest BCUT2D eigenvalue weighted by Crippen LogP contribution is 2.26. The fraction of sp³-hybridized carbons (Fsp3) is 0.409. The minimum absolute atomic E-state index is 0.0279. The van der Waals surface area contributed by atoms with Crippen LogP contribution in [0.2, 0.25) is 0 Å². The Kier molecular flexibility index (Phi) is 7.78. The van der Waals surface area contributed by atoms with Gasteiger partial charge in [-0.25, -0.2) is 12.7 Å². The number of carbonyl (C=O) groups excluding carboxylic acids is 1. The number of nitrogens with zero attached hydrogens (tertiary/aromatic N) is 2. The van der Waals surface area contributed by atoms with Gasteiger partial charge < -0.3 is 13.8 Å². The molecule has 33 heavy (non-hydrogen) atoms. The summed E-state index contributed by atoms with van der Waals surface area (Å²) in [5.74, 6) is -0.0450. The summed E-state index contributed by atoms with van der Waals surface area (Å²) >= 11 is 0. The maximum absolute atomic E-state index is 12.9. The number of benzene rings is 2. The van der Waals surface area contributed by atoms with Crippen molar-refractivity contribution in [2.24, 2.45) is 0 Å². The van der Waals surface area contributed by atoms with Crippen LogP contribution in [0.25, 0.3) is 0 Å². The van der Waals surface area contributed by atoms with Crippen LogP contribution in [0.1, 0.15) is 25.3 Å². The van der Waals surface area contributed by atoms with Gasteiger partial charge >= 0.3 is 10.1 Å². The molecule has 0 N–H and O–H groups in total. The van der Waals surface area contributed by atoms with Crippen LogP contribution in [0.5, 0.6) is 5.75 Å². The third-order valence-electron chi connectivity index (χ3n) is 5.27. The molecule has 1 saturated heterocycles. The van der Waals surface area contributed by atoms with Crippen molar-refractivity contribution in [2.45, 2.75) is 42.2 Å². The normalized spacial score (nSPS) is 16.7. The fourth-order valence-electron chi connectivity index (χ4n) is 3.45. The van der Waals surface area contributed by atoms with E-state index in [0.717, 1.165) is 22.7 Å². The van der Waals surface area contributed by atoms with Crippen molar-refractivity contribution in [3.8, 4) is 5.75 Å². The van der Waals surface area contributed by atoms with Crippen LogP contribution in [-0.4, -0.2) is 65.3 Å². The molecule has 2 aromatic rings. The predicted octanol–water partition coefficient (Wildman–Crippen LogP) is 2.23. The van der Waals surface area contributed by atoms with Gasteiger partial charge in [0, 0.05) is 40.7 Å². The zero-order valence-electron chi connectivity index (χ0n) is 18.8. The molecule has 11 heteroatoms. The molecule has 1 unspecified atom stereocenters. The lowest BCUT2D eigenvalue weighted by Crippen LogP contribution is -2.35. The van der Waals surface area contributed by atoms with Crippen molar-refractivity contribution >= 4 is 26.0 Å². The lowest BCUT2D eigenvalue weighted by molar-refractivity contribution is -0.131. The average Bonchev–Trinajstić information content (AvgIpc) is 3.27. The molecule has 1 aliphatic heterocycles. The number of ether oxygens (including phenoxy) is 1. The van der Waals surface area contributed by atoms with E-state index in [1.807, 2.05) is 0 Å². The third kappa shape index (κ3) is 6.11. The summed E-state index contributed by atoms with van der Waals surface area (Å²) in [4.78, 5) is 12.9. The first-order valence-corrected chi connectivity index (χ1v) is 13.3. The molecular formula is C22H28N2O7S2. The highest BCUT2D eigenvalue weighted by Gasteiger charge is 2.29. The van der Waals surface area contributed by atoms with Crippen LogP contribution in [0.3, 0.4) is 0 Å². The summed E-state index contributed by atoms with van der Waals surface area (Å²) in [5, 5.41) is 0. The largest absolute Gasteiger partial charge is 0.379 e. The Morgan fingerprint density at radius 2 is 1.67 bits per heavy atom. The van der Waals surface area contributed by atoms with E-state index in [1.54, 1.807) is 17.0 Å². The molecule has 0 spiro atoms. The van der Waals surface area contributed by atoms with Gasteiger partial charge in [0.2, 0.25) is 15.9 Å². The van der Waals surface area contributed by atoms with E-state index in [-0.39, 0.29) is 22.7 Å².